The summed E-state index contributed by atoms with van der Waals surface area (Å²) in [5.41, 5.74) is 5.56. The van der Waals surface area contributed by atoms with Gasteiger partial charge in [0.1, 0.15) is 17.2 Å². The van der Waals surface area contributed by atoms with Gasteiger partial charge in [0.05, 0.1) is 30.5 Å². The molecule has 0 aliphatic heterocycles. The van der Waals surface area contributed by atoms with Crippen LogP contribution in [0.3, 0.4) is 0 Å². The van der Waals surface area contributed by atoms with Gasteiger partial charge in [-0.1, -0.05) is 25.4 Å². The number of nitrogens with zero attached hydrogens (tertiary/aromatic N) is 3. The molecule has 0 radical (unpaired) electrons. The van der Waals surface area contributed by atoms with Crippen LogP contribution in [0.25, 0.3) is 22.2 Å². The Balaban J connectivity index is 1.56. The molecular formula is C27H30ClFN4O2. The minimum absolute atomic E-state index is 0.0717. The van der Waals surface area contributed by atoms with Gasteiger partial charge >= 0.3 is 0 Å². The fraction of sp³-hybridized carbons (Fsp3) is 0.407. The predicted molar refractivity (Wildman–Crippen MR) is 136 cm³/mol. The van der Waals surface area contributed by atoms with E-state index >= 15 is 0 Å². The van der Waals surface area contributed by atoms with Crippen molar-refractivity contribution < 1.29 is 14.2 Å². The fourth-order valence-electron chi connectivity index (χ4n) is 5.41. The van der Waals surface area contributed by atoms with Gasteiger partial charge in [0.15, 0.2) is 0 Å². The van der Waals surface area contributed by atoms with E-state index in [-0.39, 0.29) is 17.0 Å². The molecule has 1 atom stereocenters. The minimum atomic E-state index is -0.469. The van der Waals surface area contributed by atoms with Crippen LogP contribution in [-0.4, -0.2) is 38.1 Å². The lowest BCUT2D eigenvalue weighted by Crippen LogP contribution is -2.23. The third-order valence-corrected chi connectivity index (χ3v) is 7.72. The van der Waals surface area contributed by atoms with Crippen LogP contribution in [0.2, 0.25) is 5.02 Å². The smallest absolute Gasteiger partial charge is 0.142 e. The van der Waals surface area contributed by atoms with E-state index in [0.717, 1.165) is 59.8 Å². The van der Waals surface area contributed by atoms with Gasteiger partial charge in [-0.05, 0) is 55.9 Å². The van der Waals surface area contributed by atoms with E-state index in [1.54, 1.807) is 13.2 Å². The molecule has 1 aromatic carbocycles. The molecule has 3 aromatic heterocycles. The number of benzene rings is 1. The molecule has 6 nitrogen and oxygen atoms in total. The average Bonchev–Trinajstić information content (AvgIpc) is 3.49. The highest BCUT2D eigenvalue weighted by molar-refractivity contribution is 6.31. The number of aliphatic hydroxyl groups is 1. The molecule has 1 aliphatic rings. The van der Waals surface area contributed by atoms with Crippen molar-refractivity contribution in [3.63, 3.8) is 0 Å². The molecule has 1 saturated carbocycles. The maximum absolute atomic E-state index is 14.3. The van der Waals surface area contributed by atoms with Crippen molar-refractivity contribution in [1.29, 1.82) is 0 Å². The fourth-order valence-corrected chi connectivity index (χ4v) is 5.73. The zero-order valence-electron chi connectivity index (χ0n) is 20.2. The number of hydrogen-bond donors (Lipinski definition) is 2. The van der Waals surface area contributed by atoms with Crippen molar-refractivity contribution in [2.45, 2.75) is 64.0 Å². The van der Waals surface area contributed by atoms with E-state index in [1.807, 2.05) is 25.5 Å². The van der Waals surface area contributed by atoms with Crippen LogP contribution < -0.4 is 4.74 Å². The Morgan fingerprint density at radius 3 is 2.74 bits per heavy atom. The van der Waals surface area contributed by atoms with Crippen LogP contribution in [0, 0.1) is 5.82 Å². The first-order chi connectivity index (χ1) is 16.9. The number of aliphatic hydroxyl groups excluding tert-OH is 1. The normalized spacial score (nSPS) is 19.3. The summed E-state index contributed by atoms with van der Waals surface area (Å²) in [6, 6.07) is 5.36. The molecule has 0 saturated heterocycles. The topological polar surface area (TPSA) is 76.0 Å². The van der Waals surface area contributed by atoms with Crippen molar-refractivity contribution in [1.82, 2.24) is 19.7 Å². The Kier molecular flexibility index (Phi) is 6.55. The Labute approximate surface area is 209 Å². The van der Waals surface area contributed by atoms with E-state index in [1.165, 1.54) is 11.8 Å². The molecule has 4 aromatic rings. The number of pyridine rings is 1. The summed E-state index contributed by atoms with van der Waals surface area (Å²) < 4.78 is 22.0. The van der Waals surface area contributed by atoms with Crippen molar-refractivity contribution in [2.75, 3.05) is 7.11 Å². The predicted octanol–water partition coefficient (Wildman–Crippen LogP) is 6.42. The van der Waals surface area contributed by atoms with Gasteiger partial charge in [-0.15, -0.1) is 0 Å². The maximum Gasteiger partial charge on any atom is 0.142 e. The zero-order valence-corrected chi connectivity index (χ0v) is 20.9. The number of hydrogen-bond acceptors (Lipinski definition) is 4. The monoisotopic (exact) mass is 496 g/mol. The molecule has 0 spiro atoms. The molecule has 0 unspecified atom stereocenters. The Morgan fingerprint density at radius 2 is 2.03 bits per heavy atom. The zero-order chi connectivity index (χ0) is 24.7. The Hall–Kier alpha value is -2.90. The molecule has 0 bridgehead atoms. The summed E-state index contributed by atoms with van der Waals surface area (Å²) in [5.74, 6) is -0.140. The number of aromatic nitrogens is 4. The Morgan fingerprint density at radius 1 is 1.26 bits per heavy atom. The highest BCUT2D eigenvalue weighted by atomic mass is 35.5. The quantitative estimate of drug-likeness (QED) is 0.323. The van der Waals surface area contributed by atoms with Gasteiger partial charge in [0.2, 0.25) is 0 Å². The van der Waals surface area contributed by atoms with Crippen molar-refractivity contribution in [3.05, 3.63) is 64.5 Å². The number of H-pyrrole nitrogens is 1. The largest absolute Gasteiger partial charge is 0.496 e. The molecule has 2 N–H and O–H groups in total. The second-order valence-electron chi connectivity index (χ2n) is 9.33. The third-order valence-electron chi connectivity index (χ3n) is 7.33. The number of methoxy groups -OCH3 is 1. The number of fused-ring (bicyclic) bond motifs is 1. The number of ether oxygens (including phenoxy) is 1. The molecule has 1 aliphatic carbocycles. The average molecular weight is 497 g/mol. The molecule has 8 heteroatoms. The lowest BCUT2D eigenvalue weighted by atomic mass is 9.91. The van der Waals surface area contributed by atoms with Gasteiger partial charge in [0.25, 0.3) is 0 Å². The maximum atomic E-state index is 14.3. The number of aromatic amines is 1. The molecule has 5 rings (SSSR count). The molecular weight excluding hydrogens is 467 g/mol. The summed E-state index contributed by atoms with van der Waals surface area (Å²) in [6.45, 7) is 4.13. The highest BCUT2D eigenvalue weighted by Crippen LogP contribution is 2.41. The summed E-state index contributed by atoms with van der Waals surface area (Å²) in [6.07, 6.45) is 9.84. The van der Waals surface area contributed by atoms with E-state index in [9.17, 15) is 9.50 Å². The molecule has 3 heterocycles. The van der Waals surface area contributed by atoms with Crippen molar-refractivity contribution in [2.24, 2.45) is 0 Å². The number of rotatable bonds is 6. The van der Waals surface area contributed by atoms with E-state index < -0.39 is 5.82 Å². The van der Waals surface area contributed by atoms with E-state index in [2.05, 4.69) is 27.6 Å². The third kappa shape index (κ3) is 4.21. The van der Waals surface area contributed by atoms with Gasteiger partial charge in [-0.25, -0.2) is 9.37 Å². The second kappa shape index (κ2) is 9.63. The van der Waals surface area contributed by atoms with Crippen LogP contribution >= 0.6 is 11.6 Å². The SMILES string of the molecule is CCc1c(-c2cnc3[nH]cc([C@H](C)c4c(OC)ccc(F)c4Cl)c3c2)cnn1[C@H]1CC[C@H](O)CC1. The van der Waals surface area contributed by atoms with Gasteiger partial charge in [-0.2, -0.15) is 5.10 Å². The molecule has 1 fully saturated rings. The first-order valence-corrected chi connectivity index (χ1v) is 12.5. The van der Waals surface area contributed by atoms with Gasteiger partial charge in [-0.3, -0.25) is 4.68 Å². The highest BCUT2D eigenvalue weighted by Gasteiger charge is 2.26. The summed E-state index contributed by atoms with van der Waals surface area (Å²) >= 11 is 6.38. The summed E-state index contributed by atoms with van der Waals surface area (Å²) in [5, 5.41) is 15.7. The second-order valence-corrected chi connectivity index (χ2v) is 9.71. The minimum Gasteiger partial charge on any atom is -0.496 e. The molecule has 184 valence electrons. The van der Waals surface area contributed by atoms with Crippen molar-refractivity contribution >= 4 is 22.6 Å². The first-order valence-electron chi connectivity index (χ1n) is 12.2. The van der Waals surface area contributed by atoms with Crippen LogP contribution in [0.1, 0.15) is 68.3 Å². The first kappa shape index (κ1) is 23.8. The molecule has 0 amide bonds. The van der Waals surface area contributed by atoms with Crippen LogP contribution in [0.4, 0.5) is 4.39 Å². The van der Waals surface area contributed by atoms with Crippen LogP contribution in [-0.2, 0) is 6.42 Å². The van der Waals surface area contributed by atoms with Gasteiger partial charge in [0, 0.05) is 46.1 Å². The number of nitrogens with one attached hydrogen (secondary N) is 1. The lowest BCUT2D eigenvalue weighted by molar-refractivity contribution is 0.107. The standard InChI is InChI=1S/C27H30ClFN4O2/c1-4-23-21(14-32-33(23)17-5-7-18(34)8-6-17)16-11-19-20(13-31-27(19)30-12-16)15(2)25-24(35-3)10-9-22(29)26(25)28/h9-15,17-18,34H,4-8H2,1-3H3,(H,30,31)/t15-,17-,18-/m0/s1. The lowest BCUT2D eigenvalue weighted by Gasteiger charge is -2.27. The molecule has 35 heavy (non-hydrogen) atoms. The van der Waals surface area contributed by atoms with Gasteiger partial charge < -0.3 is 14.8 Å². The summed E-state index contributed by atoms with van der Waals surface area (Å²) in [7, 11) is 1.56. The number of halogens is 2. The van der Waals surface area contributed by atoms with E-state index in [4.69, 9.17) is 21.4 Å². The van der Waals surface area contributed by atoms with E-state index in [0.29, 0.717) is 17.4 Å². The summed E-state index contributed by atoms with van der Waals surface area (Å²) in [4.78, 5) is 7.93. The van der Waals surface area contributed by atoms with Crippen LogP contribution in [0.15, 0.2) is 36.8 Å². The van der Waals surface area contributed by atoms with Crippen LogP contribution in [0.5, 0.6) is 5.75 Å². The van der Waals surface area contributed by atoms with Crippen molar-refractivity contribution in [3.8, 4) is 16.9 Å². The Bertz CT molecular complexity index is 1360.